The predicted octanol–water partition coefficient (Wildman–Crippen LogP) is 0.315. The second kappa shape index (κ2) is 3.17. The van der Waals surface area contributed by atoms with E-state index in [9.17, 15) is 4.79 Å². The number of nitrogens with two attached hydrogens (primary N) is 1. The van der Waals surface area contributed by atoms with Crippen LogP contribution in [0.4, 0.5) is 0 Å². The molecule has 1 unspecified atom stereocenters. The maximum absolute atomic E-state index is 10.4. The average molecular weight is 193 g/mol. The molecule has 1 aromatic rings. The van der Waals surface area contributed by atoms with Crippen LogP contribution in [0, 0.1) is 0 Å². The highest BCUT2D eigenvalue weighted by atomic mass is 35.5. The van der Waals surface area contributed by atoms with Gasteiger partial charge in [-0.1, -0.05) is 11.6 Å². The molecule has 0 bridgehead atoms. The highest BCUT2D eigenvalue weighted by Gasteiger charge is 2.16. The number of aliphatic hydroxyl groups is 1. The number of thiazole rings is 1. The van der Waals surface area contributed by atoms with Gasteiger partial charge in [-0.05, 0) is 0 Å². The van der Waals surface area contributed by atoms with Gasteiger partial charge in [0.15, 0.2) is 6.10 Å². The van der Waals surface area contributed by atoms with Crippen LogP contribution in [-0.4, -0.2) is 16.0 Å². The number of halogens is 1. The van der Waals surface area contributed by atoms with Crippen molar-refractivity contribution in [1.29, 1.82) is 0 Å². The van der Waals surface area contributed by atoms with Gasteiger partial charge >= 0.3 is 0 Å². The van der Waals surface area contributed by atoms with E-state index < -0.39 is 12.0 Å². The minimum Gasteiger partial charge on any atom is -0.376 e. The van der Waals surface area contributed by atoms with Crippen molar-refractivity contribution < 1.29 is 9.90 Å². The van der Waals surface area contributed by atoms with E-state index in [4.69, 9.17) is 22.4 Å². The van der Waals surface area contributed by atoms with Crippen LogP contribution in [0.15, 0.2) is 6.20 Å². The van der Waals surface area contributed by atoms with E-state index >= 15 is 0 Å². The van der Waals surface area contributed by atoms with Gasteiger partial charge in [0.2, 0.25) is 0 Å². The van der Waals surface area contributed by atoms with Crippen LogP contribution in [0.1, 0.15) is 11.1 Å². The Bertz CT molecular complexity index is 275. The minimum absolute atomic E-state index is 0.225. The number of aromatic nitrogens is 1. The molecule has 1 atom stereocenters. The first-order valence-electron chi connectivity index (χ1n) is 2.70. The summed E-state index contributed by atoms with van der Waals surface area (Å²) in [5, 5.41) is 9.25. The van der Waals surface area contributed by atoms with Gasteiger partial charge in [-0.25, -0.2) is 4.98 Å². The maximum atomic E-state index is 10.4. The molecule has 0 aliphatic heterocycles. The molecule has 0 aromatic carbocycles. The minimum atomic E-state index is -1.34. The summed E-state index contributed by atoms with van der Waals surface area (Å²) in [6, 6.07) is 0. The summed E-state index contributed by atoms with van der Waals surface area (Å²) in [5.41, 5.74) is 4.81. The average Bonchev–Trinajstić information content (AvgIpc) is 2.34. The molecule has 0 spiro atoms. The number of hydrogen-bond donors (Lipinski definition) is 2. The standard InChI is InChI=1S/C5H5ClN2O2S/c6-2-1-8-5(11-2)3(9)4(7)10/h1,3,9H,(H2,7,10). The number of amides is 1. The summed E-state index contributed by atoms with van der Waals surface area (Å²) in [5.74, 6) is -0.823. The van der Waals surface area contributed by atoms with Crippen molar-refractivity contribution in [2.45, 2.75) is 6.10 Å². The third kappa shape index (κ3) is 1.89. The van der Waals surface area contributed by atoms with Crippen LogP contribution in [0.25, 0.3) is 0 Å². The Hall–Kier alpha value is -0.650. The monoisotopic (exact) mass is 192 g/mol. The molecule has 1 heterocycles. The Balaban J connectivity index is 2.84. The van der Waals surface area contributed by atoms with Gasteiger partial charge in [0.05, 0.1) is 6.20 Å². The van der Waals surface area contributed by atoms with E-state index in [1.807, 2.05) is 0 Å². The highest BCUT2D eigenvalue weighted by Crippen LogP contribution is 2.23. The molecule has 1 rings (SSSR count). The van der Waals surface area contributed by atoms with Gasteiger partial charge in [0.1, 0.15) is 9.34 Å². The summed E-state index contributed by atoms with van der Waals surface area (Å²) < 4.78 is 0.417. The molecule has 0 radical (unpaired) electrons. The van der Waals surface area contributed by atoms with E-state index in [2.05, 4.69) is 4.98 Å². The van der Waals surface area contributed by atoms with E-state index in [0.29, 0.717) is 4.34 Å². The second-order valence-corrected chi connectivity index (χ2v) is 3.50. The van der Waals surface area contributed by atoms with Crippen LogP contribution in [-0.2, 0) is 4.79 Å². The Kier molecular flexibility index (Phi) is 2.43. The Morgan fingerprint density at radius 1 is 1.91 bits per heavy atom. The van der Waals surface area contributed by atoms with E-state index in [0.717, 1.165) is 11.3 Å². The Morgan fingerprint density at radius 2 is 2.55 bits per heavy atom. The molecule has 4 nitrogen and oxygen atoms in total. The smallest absolute Gasteiger partial charge is 0.253 e. The van der Waals surface area contributed by atoms with Crippen molar-refractivity contribution in [3.05, 3.63) is 15.5 Å². The van der Waals surface area contributed by atoms with E-state index in [-0.39, 0.29) is 5.01 Å². The molecule has 6 heteroatoms. The van der Waals surface area contributed by atoms with Crippen LogP contribution < -0.4 is 5.73 Å². The SMILES string of the molecule is NC(=O)C(O)c1ncc(Cl)s1. The molecular formula is C5H5ClN2O2S. The van der Waals surface area contributed by atoms with Crippen molar-refractivity contribution in [3.63, 3.8) is 0 Å². The quantitative estimate of drug-likeness (QED) is 0.709. The molecule has 0 aliphatic rings. The first-order valence-corrected chi connectivity index (χ1v) is 3.89. The summed E-state index contributed by atoms with van der Waals surface area (Å²) in [6.07, 6.45) is 0.0146. The van der Waals surface area contributed by atoms with Crippen molar-refractivity contribution in [1.82, 2.24) is 4.98 Å². The van der Waals surface area contributed by atoms with Crippen LogP contribution >= 0.6 is 22.9 Å². The topological polar surface area (TPSA) is 76.2 Å². The van der Waals surface area contributed by atoms with Gasteiger partial charge in [-0.3, -0.25) is 4.79 Å². The zero-order valence-corrected chi connectivity index (χ0v) is 6.89. The van der Waals surface area contributed by atoms with Crippen molar-refractivity contribution in [2.75, 3.05) is 0 Å². The number of primary amides is 1. The van der Waals surface area contributed by atoms with Gasteiger partial charge in [0.25, 0.3) is 5.91 Å². The number of carbonyl (C=O) groups excluding carboxylic acids is 1. The largest absolute Gasteiger partial charge is 0.376 e. The molecule has 0 fully saturated rings. The molecule has 60 valence electrons. The summed E-state index contributed by atoms with van der Waals surface area (Å²) in [4.78, 5) is 14.1. The lowest BCUT2D eigenvalue weighted by Gasteiger charge is -1.98. The number of nitrogens with zero attached hydrogens (tertiary/aromatic N) is 1. The molecule has 0 aliphatic carbocycles. The van der Waals surface area contributed by atoms with Gasteiger partial charge in [0, 0.05) is 0 Å². The molecule has 1 amide bonds. The molecule has 0 saturated carbocycles. The fourth-order valence-electron chi connectivity index (χ4n) is 0.515. The third-order valence-electron chi connectivity index (χ3n) is 0.999. The van der Waals surface area contributed by atoms with E-state index in [1.165, 1.54) is 6.20 Å². The lowest BCUT2D eigenvalue weighted by atomic mass is 10.4. The zero-order chi connectivity index (χ0) is 8.43. The van der Waals surface area contributed by atoms with Gasteiger partial charge < -0.3 is 10.8 Å². The molecule has 0 saturated heterocycles. The normalized spacial score (nSPS) is 12.9. The lowest BCUT2D eigenvalue weighted by Crippen LogP contribution is -2.20. The number of aliphatic hydroxyl groups excluding tert-OH is 1. The Labute approximate surface area is 71.6 Å². The molecular weight excluding hydrogens is 188 g/mol. The number of hydrogen-bond acceptors (Lipinski definition) is 4. The number of carbonyl (C=O) groups is 1. The summed E-state index contributed by atoms with van der Waals surface area (Å²) in [6.45, 7) is 0. The van der Waals surface area contributed by atoms with Crippen LogP contribution in [0.5, 0.6) is 0 Å². The highest BCUT2D eigenvalue weighted by molar-refractivity contribution is 7.15. The second-order valence-electron chi connectivity index (χ2n) is 1.81. The number of rotatable bonds is 2. The van der Waals surface area contributed by atoms with Crippen LogP contribution in [0.3, 0.4) is 0 Å². The lowest BCUT2D eigenvalue weighted by molar-refractivity contribution is -0.126. The summed E-state index contributed by atoms with van der Waals surface area (Å²) >= 11 is 6.53. The Morgan fingerprint density at radius 3 is 2.91 bits per heavy atom. The first-order chi connectivity index (χ1) is 5.11. The fraction of sp³-hybridized carbons (Fsp3) is 0.200. The predicted molar refractivity (Wildman–Crippen MR) is 41.3 cm³/mol. The van der Waals surface area contributed by atoms with Gasteiger partial charge in [-0.15, -0.1) is 11.3 Å². The third-order valence-corrected chi connectivity index (χ3v) is 2.17. The maximum Gasteiger partial charge on any atom is 0.253 e. The fourth-order valence-corrected chi connectivity index (χ4v) is 1.44. The van der Waals surface area contributed by atoms with Crippen molar-refractivity contribution in [3.8, 4) is 0 Å². The zero-order valence-electron chi connectivity index (χ0n) is 5.32. The first kappa shape index (κ1) is 8.45. The van der Waals surface area contributed by atoms with Crippen molar-refractivity contribution >= 4 is 28.8 Å². The van der Waals surface area contributed by atoms with Crippen LogP contribution in [0.2, 0.25) is 4.34 Å². The molecule has 3 N–H and O–H groups in total. The molecule has 1 aromatic heterocycles. The van der Waals surface area contributed by atoms with Crippen molar-refractivity contribution in [2.24, 2.45) is 5.73 Å². The van der Waals surface area contributed by atoms with E-state index in [1.54, 1.807) is 0 Å². The summed E-state index contributed by atoms with van der Waals surface area (Å²) in [7, 11) is 0. The van der Waals surface area contributed by atoms with Gasteiger partial charge in [-0.2, -0.15) is 0 Å². The molecule has 11 heavy (non-hydrogen) atoms.